The zero-order valence-electron chi connectivity index (χ0n) is 19.7. The minimum Gasteiger partial charge on any atom is -0.289 e. The van der Waals surface area contributed by atoms with Gasteiger partial charge in [-0.3, -0.25) is 14.3 Å². The SMILES string of the molecule is Cc1ccc(N(c2ccccc2N=Cc2ccccc2NS(=O)(=O)c2ccc(C)cc2)S(=O)O)cc1. The van der Waals surface area contributed by atoms with E-state index in [0.717, 1.165) is 11.1 Å². The molecule has 0 saturated carbocycles. The lowest BCUT2D eigenvalue weighted by Crippen LogP contribution is -2.19. The van der Waals surface area contributed by atoms with Gasteiger partial charge in [0.15, 0.2) is 0 Å². The Bertz CT molecular complexity index is 1520. The van der Waals surface area contributed by atoms with Crippen LogP contribution in [0, 0.1) is 13.8 Å². The molecule has 0 saturated heterocycles. The highest BCUT2D eigenvalue weighted by atomic mass is 32.2. The topological polar surface area (TPSA) is 99.1 Å². The number of hydrogen-bond donors (Lipinski definition) is 2. The lowest BCUT2D eigenvalue weighted by molar-refractivity contribution is 0.564. The van der Waals surface area contributed by atoms with Crippen molar-refractivity contribution in [2.24, 2.45) is 4.99 Å². The van der Waals surface area contributed by atoms with Crippen molar-refractivity contribution in [2.75, 3.05) is 9.03 Å². The van der Waals surface area contributed by atoms with Gasteiger partial charge in [0.05, 0.1) is 27.6 Å². The standard InChI is InChI=1S/C27H25N3O4S2/c1-20-11-15-23(16-12-20)30(35(31)32)27-10-6-5-9-26(27)28-19-22-7-3-4-8-25(22)29-36(33,34)24-17-13-21(2)14-18-24/h3-19,29H,1-2H3,(H,31,32). The molecule has 36 heavy (non-hydrogen) atoms. The average Bonchev–Trinajstić information content (AvgIpc) is 2.85. The number of hydrogen-bond acceptors (Lipinski definition) is 4. The molecule has 184 valence electrons. The first kappa shape index (κ1) is 25.3. The van der Waals surface area contributed by atoms with Gasteiger partial charge in [-0.25, -0.2) is 16.9 Å². The second-order valence-corrected chi connectivity index (χ2v) is 10.6. The molecule has 0 fully saturated rings. The summed E-state index contributed by atoms with van der Waals surface area (Å²) in [5, 5.41) is 0. The van der Waals surface area contributed by atoms with Crippen molar-refractivity contribution in [1.29, 1.82) is 0 Å². The van der Waals surface area contributed by atoms with Gasteiger partial charge in [0, 0.05) is 11.8 Å². The summed E-state index contributed by atoms with van der Waals surface area (Å²) in [6, 6.07) is 27.7. The molecule has 0 bridgehead atoms. The van der Waals surface area contributed by atoms with Crippen LogP contribution >= 0.6 is 0 Å². The van der Waals surface area contributed by atoms with Gasteiger partial charge in [0.2, 0.25) is 0 Å². The fourth-order valence-corrected chi connectivity index (χ4v) is 5.21. The summed E-state index contributed by atoms with van der Waals surface area (Å²) in [6.07, 6.45) is 1.53. The molecule has 1 atom stereocenters. The number of para-hydroxylation sites is 3. The maximum absolute atomic E-state index is 12.9. The molecular formula is C27H25N3O4S2. The molecule has 0 heterocycles. The van der Waals surface area contributed by atoms with Crippen LogP contribution in [0.25, 0.3) is 0 Å². The predicted molar refractivity (Wildman–Crippen MR) is 146 cm³/mol. The largest absolute Gasteiger partial charge is 0.289 e. The highest BCUT2D eigenvalue weighted by Crippen LogP contribution is 2.35. The van der Waals surface area contributed by atoms with Crippen LogP contribution in [0.5, 0.6) is 0 Å². The first-order chi connectivity index (χ1) is 17.2. The molecule has 0 amide bonds. The maximum Gasteiger partial charge on any atom is 0.266 e. The molecule has 0 aliphatic rings. The van der Waals surface area contributed by atoms with Crippen LogP contribution < -0.4 is 9.03 Å². The molecule has 2 N–H and O–H groups in total. The van der Waals surface area contributed by atoms with E-state index in [1.807, 2.05) is 26.0 Å². The van der Waals surface area contributed by atoms with Crippen molar-refractivity contribution < 1.29 is 17.2 Å². The zero-order chi connectivity index (χ0) is 25.7. The monoisotopic (exact) mass is 519 g/mol. The zero-order valence-corrected chi connectivity index (χ0v) is 21.3. The highest BCUT2D eigenvalue weighted by molar-refractivity contribution is 7.92. The summed E-state index contributed by atoms with van der Waals surface area (Å²) in [5.41, 5.74) is 4.29. The predicted octanol–water partition coefficient (Wildman–Crippen LogP) is 6.13. The van der Waals surface area contributed by atoms with Gasteiger partial charge >= 0.3 is 0 Å². The van der Waals surface area contributed by atoms with Crippen molar-refractivity contribution in [2.45, 2.75) is 18.7 Å². The summed E-state index contributed by atoms with van der Waals surface area (Å²) in [7, 11) is -3.80. The Morgan fingerprint density at radius 3 is 2.08 bits per heavy atom. The van der Waals surface area contributed by atoms with Crippen molar-refractivity contribution in [1.82, 2.24) is 0 Å². The van der Waals surface area contributed by atoms with Gasteiger partial charge in [0.1, 0.15) is 0 Å². The van der Waals surface area contributed by atoms with Crippen LogP contribution in [0.1, 0.15) is 16.7 Å². The molecular weight excluding hydrogens is 494 g/mol. The van der Waals surface area contributed by atoms with Gasteiger partial charge in [-0.15, -0.1) is 0 Å². The van der Waals surface area contributed by atoms with Crippen LogP contribution in [0.15, 0.2) is 107 Å². The molecule has 0 aliphatic carbocycles. The number of aryl methyl sites for hydroxylation is 2. The van der Waals surface area contributed by atoms with Gasteiger partial charge in [0.25, 0.3) is 21.3 Å². The Kier molecular flexibility index (Phi) is 7.64. The van der Waals surface area contributed by atoms with E-state index >= 15 is 0 Å². The lowest BCUT2D eigenvalue weighted by Gasteiger charge is -2.21. The van der Waals surface area contributed by atoms with Crippen molar-refractivity contribution in [3.8, 4) is 0 Å². The molecule has 4 aromatic rings. The Labute approximate surface area is 213 Å². The van der Waals surface area contributed by atoms with E-state index in [9.17, 15) is 17.2 Å². The normalized spacial score (nSPS) is 12.4. The summed E-state index contributed by atoms with van der Waals surface area (Å²) < 4.78 is 52.1. The Morgan fingerprint density at radius 2 is 1.42 bits per heavy atom. The van der Waals surface area contributed by atoms with E-state index in [1.165, 1.54) is 10.5 Å². The van der Waals surface area contributed by atoms with Gasteiger partial charge in [-0.05, 0) is 56.3 Å². The Morgan fingerprint density at radius 1 is 0.833 bits per heavy atom. The number of nitrogens with one attached hydrogen (secondary N) is 1. The van der Waals surface area contributed by atoms with Crippen molar-refractivity contribution in [3.05, 3.63) is 114 Å². The van der Waals surface area contributed by atoms with Crippen molar-refractivity contribution in [3.63, 3.8) is 0 Å². The number of nitrogens with zero attached hydrogens (tertiary/aromatic N) is 2. The van der Waals surface area contributed by atoms with Crippen LogP contribution in [0.3, 0.4) is 0 Å². The minimum absolute atomic E-state index is 0.157. The van der Waals surface area contributed by atoms with Crippen LogP contribution in [-0.4, -0.2) is 23.4 Å². The Hall–Kier alpha value is -3.79. The smallest absolute Gasteiger partial charge is 0.266 e. The average molecular weight is 520 g/mol. The van der Waals surface area contributed by atoms with Gasteiger partial charge in [-0.1, -0.05) is 65.7 Å². The van der Waals surface area contributed by atoms with Crippen LogP contribution in [-0.2, 0) is 21.3 Å². The number of rotatable bonds is 8. The molecule has 0 aliphatic heterocycles. The summed E-state index contributed by atoms with van der Waals surface area (Å²) >= 11 is -2.34. The third-order valence-electron chi connectivity index (χ3n) is 5.40. The molecule has 4 aromatic carbocycles. The summed E-state index contributed by atoms with van der Waals surface area (Å²) in [6.45, 7) is 3.83. The molecule has 4 rings (SSSR count). The number of benzene rings is 4. The minimum atomic E-state index is -3.80. The quantitative estimate of drug-likeness (QED) is 0.216. The maximum atomic E-state index is 12.9. The van der Waals surface area contributed by atoms with Crippen LogP contribution in [0.2, 0.25) is 0 Å². The summed E-state index contributed by atoms with van der Waals surface area (Å²) in [4.78, 5) is 4.71. The molecule has 0 aromatic heterocycles. The lowest BCUT2D eigenvalue weighted by atomic mass is 10.2. The second kappa shape index (κ2) is 10.9. The molecule has 7 nitrogen and oxygen atoms in total. The Balaban J connectivity index is 1.68. The van der Waals surface area contributed by atoms with E-state index in [0.29, 0.717) is 28.3 Å². The molecule has 9 heteroatoms. The third kappa shape index (κ3) is 5.88. The summed E-state index contributed by atoms with van der Waals surface area (Å²) in [5.74, 6) is 0. The number of anilines is 3. The van der Waals surface area contributed by atoms with Gasteiger partial charge in [-0.2, -0.15) is 0 Å². The number of sulfonamides is 1. The first-order valence-corrected chi connectivity index (χ1v) is 13.6. The van der Waals surface area contributed by atoms with E-state index in [-0.39, 0.29) is 4.90 Å². The fraction of sp³-hybridized carbons (Fsp3) is 0.0741. The van der Waals surface area contributed by atoms with Crippen molar-refractivity contribution >= 4 is 50.3 Å². The second-order valence-electron chi connectivity index (χ2n) is 8.11. The van der Waals surface area contributed by atoms with Crippen LogP contribution in [0.4, 0.5) is 22.7 Å². The van der Waals surface area contributed by atoms with Gasteiger partial charge < -0.3 is 0 Å². The highest BCUT2D eigenvalue weighted by Gasteiger charge is 2.19. The third-order valence-corrected chi connectivity index (χ3v) is 7.51. The van der Waals surface area contributed by atoms with E-state index in [4.69, 9.17) is 0 Å². The van der Waals surface area contributed by atoms with E-state index in [2.05, 4.69) is 9.71 Å². The van der Waals surface area contributed by atoms with E-state index < -0.39 is 21.3 Å². The van der Waals surface area contributed by atoms with E-state index in [1.54, 1.807) is 84.9 Å². The molecule has 0 spiro atoms. The molecule has 0 radical (unpaired) electrons. The molecule has 1 unspecified atom stereocenters. The first-order valence-electron chi connectivity index (χ1n) is 11.0. The fourth-order valence-electron chi connectivity index (χ4n) is 3.50. The number of aliphatic imine (C=N–C) groups is 1.